The topological polar surface area (TPSA) is 70.1 Å². The fourth-order valence-electron chi connectivity index (χ4n) is 3.30. The summed E-state index contributed by atoms with van der Waals surface area (Å²) in [6.07, 6.45) is 0. The predicted octanol–water partition coefficient (Wildman–Crippen LogP) is 2.68. The number of rotatable bonds is 6. The molecule has 1 aliphatic heterocycles. The molecule has 1 fully saturated rings. The molecule has 1 heterocycles. The van der Waals surface area contributed by atoms with Crippen molar-refractivity contribution in [2.45, 2.75) is 6.04 Å². The second kappa shape index (κ2) is 8.27. The first-order valence-electron chi connectivity index (χ1n) is 9.06. The van der Waals surface area contributed by atoms with E-state index in [9.17, 15) is 14.7 Å². The molecule has 0 spiro atoms. The van der Waals surface area contributed by atoms with Crippen LogP contribution < -0.4 is 4.74 Å². The number of methoxy groups -OCH3 is 1. The number of ketones is 1. The van der Waals surface area contributed by atoms with Gasteiger partial charge < -0.3 is 19.6 Å². The lowest BCUT2D eigenvalue weighted by molar-refractivity contribution is -0.140. The van der Waals surface area contributed by atoms with Crippen molar-refractivity contribution in [3.8, 4) is 5.75 Å². The van der Waals surface area contributed by atoms with Gasteiger partial charge in [-0.2, -0.15) is 0 Å². The molecule has 1 saturated heterocycles. The second-order valence-corrected chi connectivity index (χ2v) is 6.93. The first-order valence-corrected chi connectivity index (χ1v) is 9.06. The van der Waals surface area contributed by atoms with E-state index in [1.165, 1.54) is 4.90 Å². The molecule has 0 saturated carbocycles. The molecule has 1 unspecified atom stereocenters. The number of likely N-dealkylation sites (tertiary alicyclic amines) is 1. The van der Waals surface area contributed by atoms with Gasteiger partial charge in [0.1, 0.15) is 11.5 Å². The minimum Gasteiger partial charge on any atom is -0.507 e. The van der Waals surface area contributed by atoms with E-state index in [2.05, 4.69) is 0 Å². The molecule has 1 aliphatic rings. The molecule has 146 valence electrons. The van der Waals surface area contributed by atoms with Crippen LogP contribution in [0.2, 0.25) is 0 Å². The average molecular weight is 380 g/mol. The molecule has 6 heteroatoms. The van der Waals surface area contributed by atoms with E-state index < -0.39 is 17.7 Å². The van der Waals surface area contributed by atoms with Crippen LogP contribution in [0, 0.1) is 0 Å². The fraction of sp³-hybridized carbons (Fsp3) is 0.273. The van der Waals surface area contributed by atoms with Crippen LogP contribution in [0.25, 0.3) is 5.76 Å². The van der Waals surface area contributed by atoms with Crippen molar-refractivity contribution >= 4 is 17.4 Å². The Labute approximate surface area is 164 Å². The highest BCUT2D eigenvalue weighted by Gasteiger charge is 2.45. The molecule has 1 atom stereocenters. The summed E-state index contributed by atoms with van der Waals surface area (Å²) in [6, 6.07) is 15.4. The maximum atomic E-state index is 12.8. The number of carbonyl (C=O) groups is 2. The predicted molar refractivity (Wildman–Crippen MR) is 107 cm³/mol. The number of amides is 1. The largest absolute Gasteiger partial charge is 0.507 e. The van der Waals surface area contributed by atoms with Gasteiger partial charge in [0, 0.05) is 18.7 Å². The molecule has 1 amide bonds. The smallest absolute Gasteiger partial charge is 0.295 e. The Kier molecular flexibility index (Phi) is 5.80. The number of aliphatic hydroxyl groups excluding tert-OH is 1. The van der Waals surface area contributed by atoms with Gasteiger partial charge >= 0.3 is 0 Å². The number of hydrogen-bond donors (Lipinski definition) is 1. The summed E-state index contributed by atoms with van der Waals surface area (Å²) in [6.45, 7) is 0.977. The standard InChI is InChI=1S/C22H24N2O4/c1-23(2)13-14-24-19(15-9-11-17(28-3)12-10-15)18(21(26)22(24)27)20(25)16-7-5-4-6-8-16/h4-12,19,25H,13-14H2,1-3H3. The van der Waals surface area contributed by atoms with Crippen molar-refractivity contribution in [3.05, 3.63) is 71.3 Å². The molecule has 1 N–H and O–H groups in total. The highest BCUT2D eigenvalue weighted by atomic mass is 16.5. The normalized spacial score (nSPS) is 18.7. The third-order valence-electron chi connectivity index (χ3n) is 4.81. The summed E-state index contributed by atoms with van der Waals surface area (Å²) >= 11 is 0. The first-order chi connectivity index (χ1) is 13.4. The van der Waals surface area contributed by atoms with Gasteiger partial charge in [-0.25, -0.2) is 0 Å². The van der Waals surface area contributed by atoms with E-state index in [-0.39, 0.29) is 11.3 Å². The lowest BCUT2D eigenvalue weighted by Crippen LogP contribution is -2.35. The van der Waals surface area contributed by atoms with Gasteiger partial charge in [0.05, 0.1) is 18.7 Å². The van der Waals surface area contributed by atoms with Crippen LogP contribution in [-0.4, -0.2) is 60.9 Å². The minimum atomic E-state index is -0.666. The zero-order chi connectivity index (χ0) is 20.3. The molecule has 0 aromatic heterocycles. The summed E-state index contributed by atoms with van der Waals surface area (Å²) in [7, 11) is 5.39. The first kappa shape index (κ1) is 19.6. The van der Waals surface area contributed by atoms with Gasteiger partial charge in [-0.3, -0.25) is 9.59 Å². The summed E-state index contributed by atoms with van der Waals surface area (Å²) in [4.78, 5) is 29.1. The number of hydrogen-bond acceptors (Lipinski definition) is 5. The van der Waals surface area contributed by atoms with Gasteiger partial charge in [-0.1, -0.05) is 42.5 Å². The molecular formula is C22H24N2O4. The van der Waals surface area contributed by atoms with E-state index in [4.69, 9.17) is 4.74 Å². The van der Waals surface area contributed by atoms with Crippen molar-refractivity contribution in [1.82, 2.24) is 9.80 Å². The summed E-state index contributed by atoms with van der Waals surface area (Å²) in [5.41, 5.74) is 1.36. The number of carbonyl (C=O) groups excluding carboxylic acids is 2. The van der Waals surface area contributed by atoms with E-state index in [1.54, 1.807) is 43.5 Å². The maximum Gasteiger partial charge on any atom is 0.295 e. The van der Waals surface area contributed by atoms with Crippen LogP contribution in [0.3, 0.4) is 0 Å². The highest BCUT2D eigenvalue weighted by Crippen LogP contribution is 2.39. The Hall–Kier alpha value is -3.12. The van der Waals surface area contributed by atoms with Crippen molar-refractivity contribution in [2.75, 3.05) is 34.3 Å². The number of ether oxygens (including phenoxy) is 1. The summed E-state index contributed by atoms with van der Waals surface area (Å²) < 4.78 is 5.21. The molecule has 6 nitrogen and oxygen atoms in total. The van der Waals surface area contributed by atoms with Crippen molar-refractivity contribution in [2.24, 2.45) is 0 Å². The van der Waals surface area contributed by atoms with Crippen LogP contribution in [0.1, 0.15) is 17.2 Å². The van der Waals surface area contributed by atoms with E-state index >= 15 is 0 Å². The summed E-state index contributed by atoms with van der Waals surface area (Å²) in [5.74, 6) is -0.745. The highest BCUT2D eigenvalue weighted by molar-refractivity contribution is 6.46. The number of aliphatic hydroxyl groups is 1. The Morgan fingerprint density at radius 3 is 2.29 bits per heavy atom. The van der Waals surface area contributed by atoms with Gasteiger partial charge in [-0.15, -0.1) is 0 Å². The van der Waals surface area contributed by atoms with E-state index in [0.29, 0.717) is 24.4 Å². The third-order valence-corrected chi connectivity index (χ3v) is 4.81. The SMILES string of the molecule is COc1ccc(C2C(=C(O)c3ccccc3)C(=O)C(=O)N2CCN(C)C)cc1. The quantitative estimate of drug-likeness (QED) is 0.474. The minimum absolute atomic E-state index is 0.111. The lowest BCUT2D eigenvalue weighted by Gasteiger charge is -2.26. The van der Waals surface area contributed by atoms with Gasteiger partial charge in [0.2, 0.25) is 0 Å². The Morgan fingerprint density at radius 1 is 1.07 bits per heavy atom. The maximum absolute atomic E-state index is 12.8. The van der Waals surface area contributed by atoms with Crippen LogP contribution in [0.15, 0.2) is 60.2 Å². The van der Waals surface area contributed by atoms with E-state index in [0.717, 1.165) is 5.56 Å². The zero-order valence-corrected chi connectivity index (χ0v) is 16.3. The van der Waals surface area contributed by atoms with Crippen molar-refractivity contribution < 1.29 is 19.4 Å². The van der Waals surface area contributed by atoms with Gasteiger partial charge in [0.25, 0.3) is 11.7 Å². The van der Waals surface area contributed by atoms with Crippen molar-refractivity contribution in [3.63, 3.8) is 0 Å². The molecule has 0 radical (unpaired) electrons. The molecule has 2 aromatic rings. The molecule has 28 heavy (non-hydrogen) atoms. The molecule has 0 aliphatic carbocycles. The number of benzene rings is 2. The monoisotopic (exact) mass is 380 g/mol. The van der Waals surface area contributed by atoms with Crippen LogP contribution in [-0.2, 0) is 9.59 Å². The lowest BCUT2D eigenvalue weighted by atomic mass is 9.95. The van der Waals surface area contributed by atoms with Gasteiger partial charge in [-0.05, 0) is 31.8 Å². The number of Topliss-reactive ketones (excluding diaryl/α,β-unsaturated/α-hetero) is 1. The molecule has 3 rings (SSSR count). The zero-order valence-electron chi connectivity index (χ0n) is 16.3. The molecule has 2 aromatic carbocycles. The Morgan fingerprint density at radius 2 is 1.71 bits per heavy atom. The Balaban J connectivity index is 2.12. The fourth-order valence-corrected chi connectivity index (χ4v) is 3.30. The number of likely N-dealkylation sites (N-methyl/N-ethyl adjacent to an activating group) is 1. The van der Waals surface area contributed by atoms with Crippen LogP contribution in [0.5, 0.6) is 5.75 Å². The Bertz CT molecular complexity index is 889. The van der Waals surface area contributed by atoms with E-state index in [1.807, 2.05) is 37.2 Å². The number of nitrogens with zero attached hydrogens (tertiary/aromatic N) is 2. The van der Waals surface area contributed by atoms with Crippen LogP contribution in [0.4, 0.5) is 0 Å². The average Bonchev–Trinajstić information content (AvgIpc) is 2.97. The van der Waals surface area contributed by atoms with Crippen molar-refractivity contribution in [1.29, 1.82) is 0 Å². The second-order valence-electron chi connectivity index (χ2n) is 6.93. The third kappa shape index (κ3) is 3.77. The molecule has 0 bridgehead atoms. The molecular weight excluding hydrogens is 356 g/mol. The van der Waals surface area contributed by atoms with Gasteiger partial charge in [0.15, 0.2) is 0 Å². The van der Waals surface area contributed by atoms with Crippen LogP contribution >= 0.6 is 0 Å². The summed E-state index contributed by atoms with van der Waals surface area (Å²) in [5, 5.41) is 10.9.